The summed E-state index contributed by atoms with van der Waals surface area (Å²) < 4.78 is 1.68. The standard InChI is InChI=1S/C14H16N6O/c1-4-10-6-16-18-13(10)17-14(21)11-7-15-12-5-8(2)19-20(12)9(11)3/h5-7H,4H2,1-3H3,(H2,16,17,18,21). The molecule has 0 saturated carbocycles. The Balaban J connectivity index is 1.96. The zero-order valence-corrected chi connectivity index (χ0v) is 12.1. The van der Waals surface area contributed by atoms with E-state index in [1.165, 1.54) is 0 Å². The molecule has 2 N–H and O–H groups in total. The Labute approximate surface area is 121 Å². The maximum absolute atomic E-state index is 12.4. The number of fused-ring (bicyclic) bond motifs is 1. The van der Waals surface area contributed by atoms with E-state index in [4.69, 9.17) is 0 Å². The van der Waals surface area contributed by atoms with Gasteiger partial charge in [-0.25, -0.2) is 9.50 Å². The number of aromatic nitrogens is 5. The van der Waals surface area contributed by atoms with Gasteiger partial charge < -0.3 is 5.32 Å². The molecule has 3 aromatic rings. The minimum Gasteiger partial charge on any atom is -0.307 e. The number of H-pyrrole nitrogens is 1. The molecular weight excluding hydrogens is 268 g/mol. The van der Waals surface area contributed by atoms with Gasteiger partial charge in [-0.3, -0.25) is 9.89 Å². The van der Waals surface area contributed by atoms with E-state index in [9.17, 15) is 4.79 Å². The van der Waals surface area contributed by atoms with Gasteiger partial charge in [0, 0.05) is 17.8 Å². The maximum Gasteiger partial charge on any atom is 0.260 e. The Morgan fingerprint density at radius 1 is 1.38 bits per heavy atom. The van der Waals surface area contributed by atoms with Crippen molar-refractivity contribution in [2.45, 2.75) is 27.2 Å². The van der Waals surface area contributed by atoms with E-state index in [1.807, 2.05) is 26.8 Å². The van der Waals surface area contributed by atoms with Crippen molar-refractivity contribution in [3.05, 3.63) is 41.0 Å². The third-order valence-corrected chi connectivity index (χ3v) is 3.43. The molecule has 0 bridgehead atoms. The van der Waals surface area contributed by atoms with Crippen molar-refractivity contribution in [3.63, 3.8) is 0 Å². The van der Waals surface area contributed by atoms with E-state index >= 15 is 0 Å². The lowest BCUT2D eigenvalue weighted by atomic mass is 10.2. The van der Waals surface area contributed by atoms with Crippen LogP contribution in [-0.2, 0) is 6.42 Å². The number of nitrogens with one attached hydrogen (secondary N) is 2. The lowest BCUT2D eigenvalue weighted by Gasteiger charge is -2.08. The lowest BCUT2D eigenvalue weighted by molar-refractivity contribution is 0.102. The Morgan fingerprint density at radius 2 is 2.19 bits per heavy atom. The molecule has 21 heavy (non-hydrogen) atoms. The highest BCUT2D eigenvalue weighted by Gasteiger charge is 2.15. The van der Waals surface area contributed by atoms with Crippen LogP contribution >= 0.6 is 0 Å². The zero-order chi connectivity index (χ0) is 15.0. The summed E-state index contributed by atoms with van der Waals surface area (Å²) in [6.45, 7) is 5.75. The quantitative estimate of drug-likeness (QED) is 0.768. The monoisotopic (exact) mass is 284 g/mol. The predicted octanol–water partition coefficient (Wildman–Crippen LogP) is 1.88. The largest absolute Gasteiger partial charge is 0.307 e. The number of anilines is 1. The van der Waals surface area contributed by atoms with Gasteiger partial charge in [-0.15, -0.1) is 0 Å². The van der Waals surface area contributed by atoms with Gasteiger partial charge in [-0.05, 0) is 20.3 Å². The number of aryl methyl sites for hydroxylation is 3. The highest BCUT2D eigenvalue weighted by Crippen LogP contribution is 2.15. The molecule has 0 atom stereocenters. The average molecular weight is 284 g/mol. The number of aromatic amines is 1. The number of hydrogen-bond acceptors (Lipinski definition) is 4. The van der Waals surface area contributed by atoms with Crippen LogP contribution in [0.25, 0.3) is 5.65 Å². The number of amides is 1. The highest BCUT2D eigenvalue weighted by atomic mass is 16.1. The maximum atomic E-state index is 12.4. The van der Waals surface area contributed by atoms with Crippen LogP contribution in [0.4, 0.5) is 5.82 Å². The van der Waals surface area contributed by atoms with E-state index in [0.717, 1.165) is 29.0 Å². The van der Waals surface area contributed by atoms with Crippen molar-refractivity contribution >= 4 is 17.4 Å². The summed E-state index contributed by atoms with van der Waals surface area (Å²) in [5, 5.41) is 13.9. The fraction of sp³-hybridized carbons (Fsp3) is 0.286. The Hall–Kier alpha value is -2.70. The van der Waals surface area contributed by atoms with Gasteiger partial charge in [0.05, 0.1) is 23.1 Å². The van der Waals surface area contributed by atoms with Gasteiger partial charge in [0.1, 0.15) is 5.82 Å². The Bertz CT molecular complexity index is 816. The second kappa shape index (κ2) is 5.01. The van der Waals surface area contributed by atoms with Crippen LogP contribution in [-0.4, -0.2) is 30.7 Å². The first-order valence-electron chi connectivity index (χ1n) is 6.75. The molecule has 3 aromatic heterocycles. The molecule has 7 heteroatoms. The summed E-state index contributed by atoms with van der Waals surface area (Å²) in [6, 6.07) is 1.87. The summed E-state index contributed by atoms with van der Waals surface area (Å²) >= 11 is 0. The predicted molar refractivity (Wildman–Crippen MR) is 78.4 cm³/mol. The summed E-state index contributed by atoms with van der Waals surface area (Å²) in [6.07, 6.45) is 4.07. The van der Waals surface area contributed by atoms with Crippen LogP contribution < -0.4 is 5.32 Å². The molecule has 3 rings (SSSR count). The van der Waals surface area contributed by atoms with Gasteiger partial charge >= 0.3 is 0 Å². The van der Waals surface area contributed by atoms with Gasteiger partial charge in [-0.2, -0.15) is 10.2 Å². The van der Waals surface area contributed by atoms with E-state index < -0.39 is 0 Å². The third-order valence-electron chi connectivity index (χ3n) is 3.43. The minimum absolute atomic E-state index is 0.228. The van der Waals surface area contributed by atoms with Gasteiger partial charge in [0.2, 0.25) is 0 Å². The van der Waals surface area contributed by atoms with Crippen LogP contribution in [0, 0.1) is 13.8 Å². The molecule has 0 aliphatic rings. The smallest absolute Gasteiger partial charge is 0.260 e. The van der Waals surface area contributed by atoms with Crippen molar-refractivity contribution in [2.24, 2.45) is 0 Å². The molecule has 0 radical (unpaired) electrons. The van der Waals surface area contributed by atoms with E-state index in [0.29, 0.717) is 11.4 Å². The molecule has 0 aliphatic carbocycles. The van der Waals surface area contributed by atoms with Gasteiger partial charge in [0.15, 0.2) is 5.65 Å². The van der Waals surface area contributed by atoms with Crippen LogP contribution in [0.2, 0.25) is 0 Å². The number of carbonyl (C=O) groups is 1. The van der Waals surface area contributed by atoms with E-state index in [-0.39, 0.29) is 5.91 Å². The van der Waals surface area contributed by atoms with E-state index in [2.05, 4.69) is 25.6 Å². The summed E-state index contributed by atoms with van der Waals surface area (Å²) in [7, 11) is 0. The van der Waals surface area contributed by atoms with Crippen molar-refractivity contribution in [1.29, 1.82) is 0 Å². The fourth-order valence-corrected chi connectivity index (χ4v) is 2.25. The van der Waals surface area contributed by atoms with E-state index in [1.54, 1.807) is 16.9 Å². The van der Waals surface area contributed by atoms with Crippen LogP contribution in [0.5, 0.6) is 0 Å². The second-order valence-corrected chi connectivity index (χ2v) is 4.89. The lowest BCUT2D eigenvalue weighted by Crippen LogP contribution is -2.17. The van der Waals surface area contributed by atoms with Crippen molar-refractivity contribution in [3.8, 4) is 0 Å². The number of hydrogen-bond donors (Lipinski definition) is 2. The summed E-state index contributed by atoms with van der Waals surface area (Å²) in [4.78, 5) is 16.7. The summed E-state index contributed by atoms with van der Waals surface area (Å²) in [5.41, 5.74) is 3.80. The molecule has 0 saturated heterocycles. The molecule has 0 aliphatic heterocycles. The molecule has 3 heterocycles. The SMILES string of the molecule is CCc1cn[nH]c1NC(=O)c1cnc2cc(C)nn2c1C. The van der Waals surface area contributed by atoms with Crippen molar-refractivity contribution in [1.82, 2.24) is 24.8 Å². The Kier molecular flexibility index (Phi) is 3.17. The second-order valence-electron chi connectivity index (χ2n) is 4.89. The number of carbonyl (C=O) groups excluding carboxylic acids is 1. The first kappa shape index (κ1) is 13.3. The van der Waals surface area contributed by atoms with Crippen molar-refractivity contribution < 1.29 is 4.79 Å². The molecule has 0 fully saturated rings. The fourth-order valence-electron chi connectivity index (χ4n) is 2.25. The molecule has 0 aromatic carbocycles. The minimum atomic E-state index is -0.228. The van der Waals surface area contributed by atoms with Crippen LogP contribution in [0.1, 0.15) is 34.2 Å². The zero-order valence-electron chi connectivity index (χ0n) is 12.1. The number of nitrogens with zero attached hydrogens (tertiary/aromatic N) is 4. The van der Waals surface area contributed by atoms with Crippen LogP contribution in [0.15, 0.2) is 18.5 Å². The molecule has 7 nitrogen and oxygen atoms in total. The third kappa shape index (κ3) is 2.26. The van der Waals surface area contributed by atoms with Gasteiger partial charge in [0.25, 0.3) is 5.91 Å². The molecule has 0 spiro atoms. The van der Waals surface area contributed by atoms with Crippen LogP contribution in [0.3, 0.4) is 0 Å². The molecular formula is C14H16N6O. The normalized spacial score (nSPS) is 11.0. The highest BCUT2D eigenvalue weighted by molar-refractivity contribution is 6.04. The van der Waals surface area contributed by atoms with Gasteiger partial charge in [-0.1, -0.05) is 6.92 Å². The molecule has 1 amide bonds. The molecule has 108 valence electrons. The number of rotatable bonds is 3. The Morgan fingerprint density at radius 3 is 2.95 bits per heavy atom. The van der Waals surface area contributed by atoms with Crippen molar-refractivity contribution in [2.75, 3.05) is 5.32 Å². The average Bonchev–Trinajstić information content (AvgIpc) is 3.04. The first-order valence-corrected chi connectivity index (χ1v) is 6.75. The topological polar surface area (TPSA) is 88.0 Å². The first-order chi connectivity index (χ1) is 10.1. The molecule has 0 unspecified atom stereocenters. The summed E-state index contributed by atoms with van der Waals surface area (Å²) in [5.74, 6) is 0.396.